The van der Waals surface area contributed by atoms with Crippen LogP contribution in [-0.4, -0.2) is 30.8 Å². The van der Waals surface area contributed by atoms with Crippen LogP contribution in [0.15, 0.2) is 16.5 Å². The smallest absolute Gasteiger partial charge is 0.371 e. The Morgan fingerprint density at radius 3 is 2.88 bits per heavy atom. The van der Waals surface area contributed by atoms with Crippen molar-refractivity contribution >= 4 is 11.9 Å². The predicted molar refractivity (Wildman–Crippen MR) is 59.9 cm³/mol. The SMILES string of the molecule is CCCC(COC)Nc1ccc(C(=O)O)o1. The molecule has 0 aliphatic rings. The van der Waals surface area contributed by atoms with Crippen molar-refractivity contribution in [1.29, 1.82) is 0 Å². The molecule has 0 amide bonds. The molecular formula is C11H17NO4. The van der Waals surface area contributed by atoms with Crippen molar-refractivity contribution < 1.29 is 19.1 Å². The van der Waals surface area contributed by atoms with Gasteiger partial charge in [0, 0.05) is 13.2 Å². The van der Waals surface area contributed by atoms with Gasteiger partial charge in [0.15, 0.2) is 5.88 Å². The van der Waals surface area contributed by atoms with Gasteiger partial charge >= 0.3 is 5.97 Å². The van der Waals surface area contributed by atoms with Crippen LogP contribution in [-0.2, 0) is 4.74 Å². The molecule has 0 aliphatic heterocycles. The molecule has 1 rings (SSSR count). The largest absolute Gasteiger partial charge is 0.475 e. The summed E-state index contributed by atoms with van der Waals surface area (Å²) in [5.74, 6) is -0.658. The molecule has 0 radical (unpaired) electrons. The van der Waals surface area contributed by atoms with Crippen LogP contribution in [0.2, 0.25) is 0 Å². The molecule has 1 heterocycles. The average molecular weight is 227 g/mol. The molecule has 1 atom stereocenters. The number of furan rings is 1. The molecule has 5 heteroatoms. The van der Waals surface area contributed by atoms with Crippen LogP contribution >= 0.6 is 0 Å². The summed E-state index contributed by atoms with van der Waals surface area (Å²) in [4.78, 5) is 10.6. The van der Waals surface area contributed by atoms with E-state index in [4.69, 9.17) is 14.3 Å². The predicted octanol–water partition coefficient (Wildman–Crippen LogP) is 2.20. The summed E-state index contributed by atoms with van der Waals surface area (Å²) in [7, 11) is 1.63. The Balaban J connectivity index is 2.58. The van der Waals surface area contributed by atoms with E-state index in [0.29, 0.717) is 12.5 Å². The van der Waals surface area contributed by atoms with Crippen LogP contribution in [0.1, 0.15) is 30.3 Å². The van der Waals surface area contributed by atoms with Gasteiger partial charge in [-0.25, -0.2) is 4.79 Å². The zero-order chi connectivity index (χ0) is 12.0. The Morgan fingerprint density at radius 2 is 2.38 bits per heavy atom. The van der Waals surface area contributed by atoms with E-state index < -0.39 is 5.97 Å². The molecule has 0 saturated carbocycles. The molecule has 1 unspecified atom stereocenters. The summed E-state index contributed by atoms with van der Waals surface area (Å²) in [6.07, 6.45) is 1.96. The van der Waals surface area contributed by atoms with Gasteiger partial charge in [-0.3, -0.25) is 0 Å². The zero-order valence-electron chi connectivity index (χ0n) is 9.53. The first-order valence-corrected chi connectivity index (χ1v) is 5.26. The summed E-state index contributed by atoms with van der Waals surface area (Å²) < 4.78 is 10.2. The number of aromatic carboxylic acids is 1. The van der Waals surface area contributed by atoms with Gasteiger partial charge in [0.25, 0.3) is 0 Å². The van der Waals surface area contributed by atoms with Gasteiger partial charge in [-0.15, -0.1) is 0 Å². The number of methoxy groups -OCH3 is 1. The van der Waals surface area contributed by atoms with Crippen LogP contribution in [0.3, 0.4) is 0 Å². The van der Waals surface area contributed by atoms with Crippen molar-refractivity contribution in [2.24, 2.45) is 0 Å². The third-order valence-corrected chi connectivity index (χ3v) is 2.17. The second-order valence-electron chi connectivity index (χ2n) is 3.55. The van der Waals surface area contributed by atoms with Crippen molar-refractivity contribution in [2.75, 3.05) is 19.0 Å². The maximum Gasteiger partial charge on any atom is 0.371 e. The fourth-order valence-corrected chi connectivity index (χ4v) is 1.48. The Kier molecular flexibility index (Phi) is 4.85. The van der Waals surface area contributed by atoms with Crippen LogP contribution in [0.4, 0.5) is 5.88 Å². The molecule has 0 spiro atoms. The number of carboxylic acids is 1. The molecule has 0 aliphatic carbocycles. The fourth-order valence-electron chi connectivity index (χ4n) is 1.48. The Morgan fingerprint density at radius 1 is 1.62 bits per heavy atom. The van der Waals surface area contributed by atoms with E-state index in [1.807, 2.05) is 0 Å². The van der Waals surface area contributed by atoms with E-state index in [9.17, 15) is 4.79 Å². The first-order chi connectivity index (χ1) is 7.67. The molecule has 5 nitrogen and oxygen atoms in total. The third-order valence-electron chi connectivity index (χ3n) is 2.17. The fraction of sp³-hybridized carbons (Fsp3) is 0.545. The van der Waals surface area contributed by atoms with Crippen molar-refractivity contribution in [3.8, 4) is 0 Å². The Labute approximate surface area is 94.4 Å². The highest BCUT2D eigenvalue weighted by Crippen LogP contribution is 2.15. The van der Waals surface area contributed by atoms with Gasteiger partial charge in [-0.05, 0) is 12.5 Å². The highest BCUT2D eigenvalue weighted by molar-refractivity contribution is 5.84. The van der Waals surface area contributed by atoms with Crippen LogP contribution in [0.25, 0.3) is 0 Å². The summed E-state index contributed by atoms with van der Waals surface area (Å²) in [6.45, 7) is 2.64. The minimum Gasteiger partial charge on any atom is -0.475 e. The van der Waals surface area contributed by atoms with E-state index in [2.05, 4.69) is 12.2 Å². The highest BCUT2D eigenvalue weighted by atomic mass is 16.5. The van der Waals surface area contributed by atoms with Gasteiger partial charge in [-0.2, -0.15) is 0 Å². The van der Waals surface area contributed by atoms with Gasteiger partial charge in [-0.1, -0.05) is 13.3 Å². The monoisotopic (exact) mass is 227 g/mol. The number of carboxylic acid groups (broad SMARTS) is 1. The van der Waals surface area contributed by atoms with Crippen molar-refractivity contribution in [2.45, 2.75) is 25.8 Å². The number of nitrogens with one attached hydrogen (secondary N) is 1. The van der Waals surface area contributed by atoms with E-state index >= 15 is 0 Å². The molecule has 1 aromatic rings. The lowest BCUT2D eigenvalue weighted by molar-refractivity contribution is 0.0663. The van der Waals surface area contributed by atoms with E-state index in [0.717, 1.165) is 12.8 Å². The first-order valence-electron chi connectivity index (χ1n) is 5.26. The lowest BCUT2D eigenvalue weighted by Gasteiger charge is -2.16. The zero-order valence-corrected chi connectivity index (χ0v) is 9.53. The molecule has 1 aromatic heterocycles. The molecule has 0 fully saturated rings. The topological polar surface area (TPSA) is 71.7 Å². The summed E-state index contributed by atoms with van der Waals surface area (Å²) >= 11 is 0. The Hall–Kier alpha value is -1.49. The van der Waals surface area contributed by atoms with Crippen LogP contribution in [0, 0.1) is 0 Å². The lowest BCUT2D eigenvalue weighted by atomic mass is 10.2. The number of ether oxygens (including phenoxy) is 1. The van der Waals surface area contributed by atoms with Crippen molar-refractivity contribution in [3.05, 3.63) is 17.9 Å². The van der Waals surface area contributed by atoms with E-state index in [1.165, 1.54) is 6.07 Å². The Bertz CT molecular complexity index is 328. The molecular weight excluding hydrogens is 210 g/mol. The summed E-state index contributed by atoms with van der Waals surface area (Å²) in [5.41, 5.74) is 0. The van der Waals surface area contributed by atoms with Crippen molar-refractivity contribution in [3.63, 3.8) is 0 Å². The summed E-state index contributed by atoms with van der Waals surface area (Å²) in [5, 5.41) is 11.8. The molecule has 2 N–H and O–H groups in total. The van der Waals surface area contributed by atoms with Gasteiger partial charge in [0.1, 0.15) is 0 Å². The van der Waals surface area contributed by atoms with Gasteiger partial charge in [0.05, 0.1) is 12.6 Å². The van der Waals surface area contributed by atoms with Crippen LogP contribution < -0.4 is 5.32 Å². The molecule has 0 aromatic carbocycles. The number of anilines is 1. The standard InChI is InChI=1S/C11H17NO4/c1-3-4-8(7-15-2)12-10-6-5-9(16-10)11(13)14/h5-6,8,12H,3-4,7H2,1-2H3,(H,13,14). The minimum absolute atomic E-state index is 0.0600. The molecule has 16 heavy (non-hydrogen) atoms. The van der Waals surface area contributed by atoms with Gasteiger partial charge < -0.3 is 19.6 Å². The maximum atomic E-state index is 10.6. The second-order valence-corrected chi connectivity index (χ2v) is 3.55. The average Bonchev–Trinajstić information content (AvgIpc) is 2.67. The number of rotatable bonds is 7. The van der Waals surface area contributed by atoms with Crippen molar-refractivity contribution in [1.82, 2.24) is 0 Å². The third kappa shape index (κ3) is 3.58. The van der Waals surface area contributed by atoms with E-state index in [-0.39, 0.29) is 11.8 Å². The molecule has 0 saturated heterocycles. The maximum absolute atomic E-state index is 10.6. The minimum atomic E-state index is -1.06. The number of hydrogen-bond donors (Lipinski definition) is 2. The summed E-state index contributed by atoms with van der Waals surface area (Å²) in [6, 6.07) is 3.19. The second kappa shape index (κ2) is 6.17. The first kappa shape index (κ1) is 12.6. The lowest BCUT2D eigenvalue weighted by Crippen LogP contribution is -2.24. The number of hydrogen-bond acceptors (Lipinski definition) is 4. The normalized spacial score (nSPS) is 12.4. The van der Waals surface area contributed by atoms with Gasteiger partial charge in [0.2, 0.25) is 5.76 Å². The highest BCUT2D eigenvalue weighted by Gasteiger charge is 2.12. The van der Waals surface area contributed by atoms with E-state index in [1.54, 1.807) is 13.2 Å². The molecule has 0 bridgehead atoms. The number of carbonyl (C=O) groups is 1. The quantitative estimate of drug-likeness (QED) is 0.747. The molecule has 90 valence electrons. The van der Waals surface area contributed by atoms with Crippen LogP contribution in [0.5, 0.6) is 0 Å².